The fourth-order valence-corrected chi connectivity index (χ4v) is 4.32. The minimum absolute atomic E-state index is 0.0283. The maximum atomic E-state index is 13.6. The fraction of sp³-hybridized carbons (Fsp3) is 0.318. The Kier molecular flexibility index (Phi) is 5.86. The van der Waals surface area contributed by atoms with Crippen LogP contribution in [0.25, 0.3) is 0 Å². The third kappa shape index (κ3) is 4.25. The molecule has 1 fully saturated rings. The molecule has 2 aliphatic heterocycles. The SMILES string of the molecule is C[C@H]1Cn2ncc(N3CC(C(=O)Nc4ncco4)CC3=O)c2CN1C(=O)Nc1cc(F)c(F)c(F)c1. The van der Waals surface area contributed by atoms with Crippen molar-refractivity contribution < 1.29 is 32.0 Å². The van der Waals surface area contributed by atoms with Gasteiger partial charge in [-0.05, 0) is 6.92 Å². The lowest BCUT2D eigenvalue weighted by Crippen LogP contribution is -2.47. The van der Waals surface area contributed by atoms with Gasteiger partial charge in [0.05, 0.1) is 48.8 Å². The van der Waals surface area contributed by atoms with Crippen LogP contribution in [0.1, 0.15) is 19.0 Å². The summed E-state index contributed by atoms with van der Waals surface area (Å²) in [6, 6.07) is 0.390. The zero-order valence-corrected chi connectivity index (χ0v) is 18.9. The number of aromatic nitrogens is 3. The summed E-state index contributed by atoms with van der Waals surface area (Å²) in [6.07, 6.45) is 4.17. The molecule has 0 aliphatic carbocycles. The Labute approximate surface area is 201 Å². The van der Waals surface area contributed by atoms with Crippen LogP contribution in [0.2, 0.25) is 0 Å². The van der Waals surface area contributed by atoms with Crippen LogP contribution in [0.5, 0.6) is 0 Å². The quantitative estimate of drug-likeness (QED) is 0.528. The maximum absolute atomic E-state index is 13.6. The van der Waals surface area contributed by atoms with E-state index in [1.54, 1.807) is 11.6 Å². The Morgan fingerprint density at radius 3 is 2.58 bits per heavy atom. The summed E-state index contributed by atoms with van der Waals surface area (Å²) < 4.78 is 47.0. The van der Waals surface area contributed by atoms with Crippen LogP contribution in [0.4, 0.5) is 35.4 Å². The van der Waals surface area contributed by atoms with Gasteiger partial charge in [-0.1, -0.05) is 0 Å². The van der Waals surface area contributed by atoms with Gasteiger partial charge in [-0.15, -0.1) is 0 Å². The van der Waals surface area contributed by atoms with Crippen molar-refractivity contribution in [1.29, 1.82) is 0 Å². The molecule has 0 bridgehead atoms. The van der Waals surface area contributed by atoms with Crippen LogP contribution in [0, 0.1) is 23.4 Å². The van der Waals surface area contributed by atoms with Gasteiger partial charge in [0.2, 0.25) is 11.8 Å². The van der Waals surface area contributed by atoms with E-state index in [9.17, 15) is 27.6 Å². The Morgan fingerprint density at radius 1 is 1.14 bits per heavy atom. The van der Waals surface area contributed by atoms with Crippen LogP contribution in [-0.2, 0) is 22.7 Å². The second kappa shape index (κ2) is 9.02. The lowest BCUT2D eigenvalue weighted by atomic mass is 10.1. The van der Waals surface area contributed by atoms with Crippen molar-refractivity contribution in [3.05, 3.63) is 53.9 Å². The van der Waals surface area contributed by atoms with Gasteiger partial charge in [0.25, 0.3) is 0 Å². The van der Waals surface area contributed by atoms with E-state index < -0.39 is 35.3 Å². The number of nitrogens with zero attached hydrogens (tertiary/aromatic N) is 5. The summed E-state index contributed by atoms with van der Waals surface area (Å²) in [5.74, 6) is -5.83. The number of carbonyl (C=O) groups excluding carboxylic acids is 3. The molecule has 1 saturated heterocycles. The Bertz CT molecular complexity index is 1320. The van der Waals surface area contributed by atoms with Crippen LogP contribution in [-0.4, -0.2) is 50.1 Å². The van der Waals surface area contributed by atoms with Crippen molar-refractivity contribution in [3.8, 4) is 0 Å². The van der Waals surface area contributed by atoms with Crippen LogP contribution in [0.3, 0.4) is 0 Å². The fourth-order valence-electron chi connectivity index (χ4n) is 4.32. The number of hydrogen-bond donors (Lipinski definition) is 2. The Hall–Kier alpha value is -4.36. The zero-order chi connectivity index (χ0) is 25.6. The molecule has 2 aliphatic rings. The van der Waals surface area contributed by atoms with E-state index in [1.807, 2.05) is 0 Å². The van der Waals surface area contributed by atoms with Crippen molar-refractivity contribution in [3.63, 3.8) is 0 Å². The largest absolute Gasteiger partial charge is 0.432 e. The first-order chi connectivity index (χ1) is 17.2. The molecule has 14 heteroatoms. The van der Waals surface area contributed by atoms with Gasteiger partial charge >= 0.3 is 12.0 Å². The lowest BCUT2D eigenvalue weighted by molar-refractivity contribution is -0.122. The normalized spacial score (nSPS) is 19.4. The number of halogens is 3. The van der Waals surface area contributed by atoms with Crippen molar-refractivity contribution in [2.24, 2.45) is 5.92 Å². The van der Waals surface area contributed by atoms with Crippen molar-refractivity contribution in [1.82, 2.24) is 19.7 Å². The Morgan fingerprint density at radius 2 is 1.89 bits per heavy atom. The van der Waals surface area contributed by atoms with Gasteiger partial charge in [0.1, 0.15) is 6.26 Å². The third-order valence-corrected chi connectivity index (χ3v) is 6.16. The van der Waals surface area contributed by atoms with Crippen molar-refractivity contribution in [2.45, 2.75) is 32.5 Å². The van der Waals surface area contributed by atoms with Gasteiger partial charge in [0.15, 0.2) is 17.5 Å². The predicted octanol–water partition coefficient (Wildman–Crippen LogP) is 2.72. The molecule has 2 atom stereocenters. The summed E-state index contributed by atoms with van der Waals surface area (Å²) in [4.78, 5) is 44.9. The standard InChI is InChI=1S/C22H20F3N7O4/c1-11-8-32-17(10-30(11)22(35)28-13-5-14(23)19(25)15(24)6-13)16(7-27-32)31-9-12(4-18(31)33)20(34)29-21-26-2-3-36-21/h2-3,5-7,11-12H,4,8-10H2,1H3,(H,28,35)(H,26,29,34)/t11-,12?/m0/s1. The second-order valence-corrected chi connectivity index (χ2v) is 8.55. The maximum Gasteiger partial charge on any atom is 0.322 e. The molecule has 1 aromatic carbocycles. The first kappa shape index (κ1) is 23.4. The van der Waals surface area contributed by atoms with E-state index in [1.165, 1.54) is 28.5 Å². The average Bonchev–Trinajstić information content (AvgIpc) is 3.56. The van der Waals surface area contributed by atoms with Gasteiger partial charge in [-0.25, -0.2) is 22.9 Å². The molecular formula is C22H20F3N7O4. The number of amides is 4. The van der Waals surface area contributed by atoms with E-state index in [2.05, 4.69) is 20.7 Å². The molecular weight excluding hydrogens is 483 g/mol. The van der Waals surface area contributed by atoms with Crippen molar-refractivity contribution >= 4 is 35.2 Å². The number of hydrogen-bond acceptors (Lipinski definition) is 6. The smallest absolute Gasteiger partial charge is 0.322 e. The van der Waals surface area contributed by atoms with Crippen LogP contribution < -0.4 is 15.5 Å². The number of oxazole rings is 1. The highest BCUT2D eigenvalue weighted by molar-refractivity contribution is 6.03. The van der Waals surface area contributed by atoms with Gasteiger partial charge < -0.3 is 19.5 Å². The summed E-state index contributed by atoms with van der Waals surface area (Å²) in [6.45, 7) is 2.19. The zero-order valence-electron chi connectivity index (χ0n) is 18.9. The number of carbonyl (C=O) groups is 3. The summed E-state index contributed by atoms with van der Waals surface area (Å²) in [5, 5.41) is 9.22. The predicted molar refractivity (Wildman–Crippen MR) is 118 cm³/mol. The number of benzene rings is 1. The monoisotopic (exact) mass is 503 g/mol. The number of rotatable bonds is 4. The Balaban J connectivity index is 1.31. The van der Waals surface area contributed by atoms with Gasteiger partial charge in [-0.2, -0.15) is 5.10 Å². The minimum Gasteiger partial charge on any atom is -0.432 e. The van der Waals surface area contributed by atoms with E-state index in [0.29, 0.717) is 30.1 Å². The molecule has 4 heterocycles. The highest BCUT2D eigenvalue weighted by Gasteiger charge is 2.39. The molecule has 4 amide bonds. The molecule has 2 N–H and O–H groups in total. The summed E-state index contributed by atoms with van der Waals surface area (Å²) in [5.41, 5.74) is 0.773. The molecule has 11 nitrogen and oxygen atoms in total. The molecule has 188 valence electrons. The molecule has 5 rings (SSSR count). The highest BCUT2D eigenvalue weighted by Crippen LogP contribution is 2.32. The molecule has 0 radical (unpaired) electrons. The molecule has 0 saturated carbocycles. The first-order valence-corrected chi connectivity index (χ1v) is 11.0. The molecule has 0 spiro atoms. The molecule has 3 aromatic rings. The van der Waals surface area contributed by atoms with Crippen LogP contribution >= 0.6 is 0 Å². The van der Waals surface area contributed by atoms with Gasteiger partial charge in [-0.3, -0.25) is 19.6 Å². The first-order valence-electron chi connectivity index (χ1n) is 11.0. The minimum atomic E-state index is -1.63. The van der Waals surface area contributed by atoms with Crippen LogP contribution in [0.15, 0.2) is 35.2 Å². The number of anilines is 3. The molecule has 1 unspecified atom stereocenters. The highest BCUT2D eigenvalue weighted by atomic mass is 19.2. The number of nitrogens with one attached hydrogen (secondary N) is 2. The number of fused-ring (bicyclic) bond motifs is 1. The van der Waals surface area contributed by atoms with E-state index in [4.69, 9.17) is 4.42 Å². The number of urea groups is 1. The lowest BCUT2D eigenvalue weighted by Gasteiger charge is -2.35. The summed E-state index contributed by atoms with van der Waals surface area (Å²) >= 11 is 0. The molecule has 36 heavy (non-hydrogen) atoms. The summed E-state index contributed by atoms with van der Waals surface area (Å²) in [7, 11) is 0. The van der Waals surface area contributed by atoms with E-state index in [-0.39, 0.29) is 43.2 Å². The average molecular weight is 503 g/mol. The van der Waals surface area contributed by atoms with E-state index >= 15 is 0 Å². The topological polar surface area (TPSA) is 126 Å². The second-order valence-electron chi connectivity index (χ2n) is 8.55. The third-order valence-electron chi connectivity index (χ3n) is 6.16. The van der Waals surface area contributed by atoms with Crippen molar-refractivity contribution in [2.75, 3.05) is 22.1 Å². The van der Waals surface area contributed by atoms with E-state index in [0.717, 1.165) is 0 Å². The molecule has 2 aromatic heterocycles. The van der Waals surface area contributed by atoms with Gasteiger partial charge in [0, 0.05) is 30.8 Å².